The summed E-state index contributed by atoms with van der Waals surface area (Å²) in [5.41, 5.74) is 0.587. The minimum absolute atomic E-state index is 0.0207. The van der Waals surface area contributed by atoms with Gasteiger partial charge < -0.3 is 9.64 Å². The summed E-state index contributed by atoms with van der Waals surface area (Å²) in [5, 5.41) is 19.4. The van der Waals surface area contributed by atoms with Crippen molar-refractivity contribution in [3.63, 3.8) is 0 Å². The maximum Gasteiger partial charge on any atom is 0.410 e. The van der Waals surface area contributed by atoms with Crippen molar-refractivity contribution in [2.45, 2.75) is 37.7 Å². The fraction of sp³-hybridized carbons (Fsp3) is 0.500. The SMILES string of the molecule is CC(=O)S[C@H]1C[C@@H](CSCCC(=O)N(C)C#N)N(C(=O)OCc2ccc([N+](=O)[O-])cc2)C1. The van der Waals surface area contributed by atoms with Crippen LogP contribution in [-0.2, 0) is 20.9 Å². The van der Waals surface area contributed by atoms with E-state index in [0.717, 1.165) is 4.90 Å². The fourth-order valence-electron chi connectivity index (χ4n) is 3.12. The summed E-state index contributed by atoms with van der Waals surface area (Å²) in [6.45, 7) is 1.85. The molecule has 2 rings (SSSR count). The van der Waals surface area contributed by atoms with Crippen molar-refractivity contribution >= 4 is 46.3 Å². The number of carbonyl (C=O) groups excluding carboxylic acids is 3. The quantitative estimate of drug-likeness (QED) is 0.172. The molecule has 1 heterocycles. The lowest BCUT2D eigenvalue weighted by Crippen LogP contribution is -2.37. The van der Waals surface area contributed by atoms with Crippen LogP contribution in [0.2, 0.25) is 0 Å². The highest BCUT2D eigenvalue weighted by Gasteiger charge is 2.37. The number of amides is 2. The molecule has 0 aromatic heterocycles. The molecule has 1 fully saturated rings. The molecule has 1 aliphatic heterocycles. The molecular formula is C20H24N4O6S2. The standard InChI is InChI=1S/C20H24N4O6S2/c1-14(25)32-18-9-17(12-31-8-7-19(26)22(2)13-21)23(10-18)20(27)30-11-15-3-5-16(6-4-15)24(28)29/h3-6,17-18H,7-12H2,1-2H3/t17-,18-/m0/s1. The predicted molar refractivity (Wildman–Crippen MR) is 121 cm³/mol. The van der Waals surface area contributed by atoms with Crippen molar-refractivity contribution in [2.75, 3.05) is 25.1 Å². The molecule has 1 aromatic carbocycles. The van der Waals surface area contributed by atoms with Crippen LogP contribution in [0.25, 0.3) is 0 Å². The van der Waals surface area contributed by atoms with Gasteiger partial charge in [0.2, 0.25) is 5.91 Å². The zero-order valence-electron chi connectivity index (χ0n) is 17.8. The lowest BCUT2D eigenvalue weighted by Gasteiger charge is -2.23. The molecule has 0 unspecified atom stereocenters. The van der Waals surface area contributed by atoms with Crippen LogP contribution in [0.1, 0.15) is 25.3 Å². The Morgan fingerprint density at radius 1 is 1.34 bits per heavy atom. The van der Waals surface area contributed by atoms with E-state index in [9.17, 15) is 24.5 Å². The van der Waals surface area contributed by atoms with E-state index in [2.05, 4.69) is 0 Å². The minimum atomic E-state index is -0.513. The number of nitriles is 1. The first-order valence-corrected chi connectivity index (χ1v) is 11.8. The van der Waals surface area contributed by atoms with Crippen molar-refractivity contribution in [1.29, 1.82) is 5.26 Å². The van der Waals surface area contributed by atoms with Crippen LogP contribution in [-0.4, -0.2) is 68.2 Å². The van der Waals surface area contributed by atoms with Crippen molar-refractivity contribution in [3.8, 4) is 6.19 Å². The Hall–Kier alpha value is -2.78. The molecule has 0 N–H and O–H groups in total. The lowest BCUT2D eigenvalue weighted by molar-refractivity contribution is -0.384. The van der Waals surface area contributed by atoms with Gasteiger partial charge in [0, 0.05) is 61.9 Å². The summed E-state index contributed by atoms with van der Waals surface area (Å²) >= 11 is 2.70. The summed E-state index contributed by atoms with van der Waals surface area (Å²) in [7, 11) is 1.41. The van der Waals surface area contributed by atoms with Crippen LogP contribution in [0.4, 0.5) is 10.5 Å². The maximum atomic E-state index is 12.7. The smallest absolute Gasteiger partial charge is 0.410 e. The molecule has 12 heteroatoms. The molecule has 0 radical (unpaired) electrons. The highest BCUT2D eigenvalue weighted by molar-refractivity contribution is 8.14. The fourth-order valence-corrected chi connectivity index (χ4v) is 5.22. The Labute approximate surface area is 194 Å². The summed E-state index contributed by atoms with van der Waals surface area (Å²) < 4.78 is 5.40. The maximum absolute atomic E-state index is 12.7. The highest BCUT2D eigenvalue weighted by atomic mass is 32.2. The third-order valence-electron chi connectivity index (χ3n) is 4.75. The van der Waals surface area contributed by atoms with Crippen LogP contribution in [0.5, 0.6) is 0 Å². The van der Waals surface area contributed by atoms with Gasteiger partial charge in [-0.05, 0) is 24.1 Å². The van der Waals surface area contributed by atoms with Gasteiger partial charge in [0.05, 0.1) is 4.92 Å². The third kappa shape index (κ3) is 7.72. The summed E-state index contributed by atoms with van der Waals surface area (Å²) in [6, 6.07) is 5.62. The van der Waals surface area contributed by atoms with Gasteiger partial charge in [-0.15, -0.1) is 0 Å². The minimum Gasteiger partial charge on any atom is -0.445 e. The second-order valence-corrected chi connectivity index (χ2v) is 9.76. The number of hydrogen-bond acceptors (Lipinski definition) is 9. The van der Waals surface area contributed by atoms with E-state index in [4.69, 9.17) is 10.00 Å². The van der Waals surface area contributed by atoms with E-state index in [-0.39, 0.29) is 41.0 Å². The zero-order valence-corrected chi connectivity index (χ0v) is 19.4. The van der Waals surface area contributed by atoms with Crippen LogP contribution >= 0.6 is 23.5 Å². The van der Waals surface area contributed by atoms with Crippen LogP contribution < -0.4 is 0 Å². The summed E-state index contributed by atoms with van der Waals surface area (Å²) in [5.74, 6) is 0.818. The molecule has 32 heavy (non-hydrogen) atoms. The number of likely N-dealkylation sites (tertiary alicyclic amines) is 1. The number of thioether (sulfide) groups is 2. The van der Waals surface area contributed by atoms with E-state index in [0.29, 0.717) is 30.0 Å². The zero-order chi connectivity index (χ0) is 23.7. The van der Waals surface area contributed by atoms with Gasteiger partial charge in [0.15, 0.2) is 11.3 Å². The van der Waals surface area contributed by atoms with E-state index in [1.54, 1.807) is 11.1 Å². The molecule has 0 bridgehead atoms. The summed E-state index contributed by atoms with van der Waals surface area (Å²) in [6.07, 6.45) is 2.11. The van der Waals surface area contributed by atoms with Gasteiger partial charge in [0.25, 0.3) is 5.69 Å². The molecule has 0 aliphatic carbocycles. The van der Waals surface area contributed by atoms with Crippen LogP contribution in [0.15, 0.2) is 24.3 Å². The van der Waals surface area contributed by atoms with E-state index < -0.39 is 11.0 Å². The lowest BCUT2D eigenvalue weighted by atomic mass is 10.2. The molecular weight excluding hydrogens is 456 g/mol. The molecule has 172 valence electrons. The number of nitro benzene ring substituents is 1. The second kappa shape index (κ2) is 12.3. The molecule has 0 saturated carbocycles. The average molecular weight is 481 g/mol. The number of rotatable bonds is 9. The van der Waals surface area contributed by atoms with Gasteiger partial charge >= 0.3 is 6.09 Å². The number of non-ortho nitro benzene ring substituents is 1. The van der Waals surface area contributed by atoms with Crippen molar-refractivity contribution in [1.82, 2.24) is 9.80 Å². The number of hydrogen-bond donors (Lipinski definition) is 0. The Morgan fingerprint density at radius 3 is 2.62 bits per heavy atom. The molecule has 2 atom stereocenters. The Bertz CT molecular complexity index is 889. The van der Waals surface area contributed by atoms with Crippen LogP contribution in [0, 0.1) is 21.6 Å². The summed E-state index contributed by atoms with van der Waals surface area (Å²) in [4.78, 5) is 48.7. The van der Waals surface area contributed by atoms with Gasteiger partial charge in [-0.3, -0.25) is 24.6 Å². The number of ether oxygens (including phenoxy) is 1. The van der Waals surface area contributed by atoms with Gasteiger partial charge in [0.1, 0.15) is 6.61 Å². The molecule has 2 amide bonds. The highest BCUT2D eigenvalue weighted by Crippen LogP contribution is 2.31. The normalized spacial score (nSPS) is 17.5. The van der Waals surface area contributed by atoms with Crippen molar-refractivity contribution in [2.24, 2.45) is 0 Å². The van der Waals surface area contributed by atoms with Gasteiger partial charge in [-0.1, -0.05) is 11.8 Å². The predicted octanol–water partition coefficient (Wildman–Crippen LogP) is 3.02. The topological polar surface area (TPSA) is 134 Å². The first-order valence-electron chi connectivity index (χ1n) is 9.79. The molecule has 1 saturated heterocycles. The van der Waals surface area contributed by atoms with Crippen molar-refractivity contribution < 1.29 is 24.0 Å². The number of benzene rings is 1. The van der Waals surface area contributed by atoms with E-state index >= 15 is 0 Å². The molecule has 1 aromatic rings. The monoisotopic (exact) mass is 480 g/mol. The first-order chi connectivity index (χ1) is 15.2. The number of nitro groups is 1. The largest absolute Gasteiger partial charge is 0.445 e. The average Bonchev–Trinajstić information content (AvgIpc) is 3.16. The van der Waals surface area contributed by atoms with Crippen molar-refractivity contribution in [3.05, 3.63) is 39.9 Å². The van der Waals surface area contributed by atoms with Gasteiger partial charge in [-0.25, -0.2) is 4.79 Å². The molecule has 10 nitrogen and oxygen atoms in total. The number of nitrogens with zero attached hydrogens (tertiary/aromatic N) is 4. The Morgan fingerprint density at radius 2 is 2.03 bits per heavy atom. The first kappa shape index (κ1) is 25.5. The Balaban J connectivity index is 1.91. The third-order valence-corrected chi connectivity index (χ3v) is 6.87. The molecule has 1 aliphatic rings. The second-order valence-electron chi connectivity index (χ2n) is 7.13. The molecule has 0 spiro atoms. The van der Waals surface area contributed by atoms with Crippen LogP contribution in [0.3, 0.4) is 0 Å². The Kier molecular flexibility index (Phi) is 9.80. The van der Waals surface area contributed by atoms with Gasteiger partial charge in [-0.2, -0.15) is 17.0 Å². The van der Waals surface area contributed by atoms with E-state index in [1.807, 2.05) is 0 Å². The number of carbonyl (C=O) groups is 3. The van der Waals surface area contributed by atoms with E-state index in [1.165, 1.54) is 61.8 Å².